The largest absolute Gasteiger partial charge is 0.465 e. The van der Waals surface area contributed by atoms with Gasteiger partial charge in [-0.1, -0.05) is 36.4 Å². The van der Waals surface area contributed by atoms with Crippen molar-refractivity contribution in [3.05, 3.63) is 65.2 Å². The lowest BCUT2D eigenvalue weighted by Gasteiger charge is -2.19. The zero-order chi connectivity index (χ0) is 20.5. The fraction of sp³-hybridized carbons (Fsp3) is 0.300. The molecular weight excluding hydrogens is 364 g/mol. The van der Waals surface area contributed by atoms with Crippen molar-refractivity contribution >= 4 is 17.7 Å². The quantitative estimate of drug-likeness (QED) is 0.400. The van der Waals surface area contributed by atoms with E-state index in [1.54, 1.807) is 0 Å². The molecule has 0 aliphatic carbocycles. The van der Waals surface area contributed by atoms with Crippen LogP contribution in [0.15, 0.2) is 48.5 Å². The van der Waals surface area contributed by atoms with E-state index in [0.29, 0.717) is 5.56 Å². The van der Waals surface area contributed by atoms with Crippen molar-refractivity contribution in [2.45, 2.75) is 25.2 Å². The Balaban J connectivity index is 1.81. The van der Waals surface area contributed by atoms with Crippen LogP contribution in [-0.4, -0.2) is 42.0 Å². The van der Waals surface area contributed by atoms with Crippen molar-refractivity contribution in [3.63, 3.8) is 0 Å². The van der Waals surface area contributed by atoms with Crippen LogP contribution in [0.2, 0.25) is 0 Å². The van der Waals surface area contributed by atoms with Crippen LogP contribution in [0, 0.1) is 0 Å². The highest BCUT2D eigenvalue weighted by Crippen LogP contribution is 2.23. The number of methoxy groups -OCH3 is 1. The summed E-state index contributed by atoms with van der Waals surface area (Å²) in [7, 11) is 1.22. The molecule has 0 aromatic heterocycles. The van der Waals surface area contributed by atoms with Gasteiger partial charge in [0, 0.05) is 12.2 Å². The number of anilines is 1. The van der Waals surface area contributed by atoms with Gasteiger partial charge in [-0.2, -0.15) is 0 Å². The summed E-state index contributed by atoms with van der Waals surface area (Å²) in [4.78, 5) is 23.4. The van der Waals surface area contributed by atoms with Gasteiger partial charge in [-0.15, -0.1) is 0 Å². The van der Waals surface area contributed by atoms with Crippen molar-refractivity contribution in [2.24, 2.45) is 0 Å². The van der Waals surface area contributed by atoms with Gasteiger partial charge in [0.15, 0.2) is 0 Å². The lowest BCUT2D eigenvalue weighted by Crippen LogP contribution is -2.29. The van der Waals surface area contributed by atoms with Crippen LogP contribution in [0.1, 0.15) is 34.0 Å². The summed E-state index contributed by atoms with van der Waals surface area (Å²) in [6.07, 6.45) is -2.96. The average molecular weight is 388 g/mol. The van der Waals surface area contributed by atoms with E-state index in [1.807, 2.05) is 30.3 Å². The molecule has 0 aliphatic heterocycles. The van der Waals surface area contributed by atoms with Gasteiger partial charge in [0.05, 0.1) is 18.8 Å². The predicted molar refractivity (Wildman–Crippen MR) is 102 cm³/mol. The van der Waals surface area contributed by atoms with E-state index < -0.39 is 24.3 Å². The summed E-state index contributed by atoms with van der Waals surface area (Å²) in [5, 5.41) is 23.0. The second-order valence-corrected chi connectivity index (χ2v) is 6.13. The van der Waals surface area contributed by atoms with Gasteiger partial charge in [0.1, 0.15) is 12.7 Å². The number of benzene rings is 2. The predicted octanol–water partition coefficient (Wildman–Crippen LogP) is 1.77. The number of amides is 1. The Morgan fingerprint density at radius 1 is 1.14 bits per heavy atom. The molecule has 2 unspecified atom stereocenters. The fourth-order valence-corrected chi connectivity index (χ4v) is 2.52. The molecule has 2 atom stereocenters. The number of hydrogen-bond acceptors (Lipinski definition) is 7. The van der Waals surface area contributed by atoms with E-state index in [4.69, 9.17) is 10.5 Å². The number of nitrogens with one attached hydrogen (secondary N) is 1. The third-order valence-corrected chi connectivity index (χ3v) is 4.11. The Bertz CT molecular complexity index is 797. The molecule has 2 rings (SSSR count). The van der Waals surface area contributed by atoms with Crippen molar-refractivity contribution < 1.29 is 29.3 Å². The number of aliphatic hydroxyl groups excluding tert-OH is 2. The molecule has 0 fully saturated rings. The molecular formula is C20H24N2O6. The zero-order valence-electron chi connectivity index (χ0n) is 15.5. The molecule has 2 aromatic carbocycles. The number of nitrogens with two attached hydrogens (primary N) is 1. The Morgan fingerprint density at radius 3 is 2.54 bits per heavy atom. The number of aliphatic hydroxyl groups is 2. The van der Waals surface area contributed by atoms with E-state index >= 15 is 0 Å². The van der Waals surface area contributed by atoms with E-state index in [9.17, 15) is 19.8 Å². The number of nitrogen functional groups attached to an aromatic ring is 1. The van der Waals surface area contributed by atoms with Gasteiger partial charge >= 0.3 is 12.1 Å². The minimum absolute atomic E-state index is 0.0829. The number of carbonyl (C=O) groups is 2. The molecule has 0 saturated carbocycles. The van der Waals surface area contributed by atoms with Crippen LogP contribution in [-0.2, 0) is 16.1 Å². The lowest BCUT2D eigenvalue weighted by molar-refractivity contribution is 0.0135. The third kappa shape index (κ3) is 5.97. The molecule has 0 bridgehead atoms. The number of ether oxygens (including phenoxy) is 2. The van der Waals surface area contributed by atoms with Gasteiger partial charge in [-0.3, -0.25) is 0 Å². The summed E-state index contributed by atoms with van der Waals surface area (Å²) in [6, 6.07) is 13.6. The van der Waals surface area contributed by atoms with Crippen LogP contribution >= 0.6 is 0 Å². The molecule has 8 heteroatoms. The first-order valence-electron chi connectivity index (χ1n) is 8.70. The second kappa shape index (κ2) is 10.3. The van der Waals surface area contributed by atoms with E-state index in [2.05, 4.69) is 10.1 Å². The highest BCUT2D eigenvalue weighted by molar-refractivity contribution is 5.95. The van der Waals surface area contributed by atoms with Crippen molar-refractivity contribution in [2.75, 3.05) is 19.4 Å². The van der Waals surface area contributed by atoms with Crippen LogP contribution in [0.3, 0.4) is 0 Å². The van der Waals surface area contributed by atoms with E-state index in [-0.39, 0.29) is 30.8 Å². The summed E-state index contributed by atoms with van der Waals surface area (Å²) in [5.41, 5.74) is 7.21. The van der Waals surface area contributed by atoms with Crippen LogP contribution in [0.5, 0.6) is 0 Å². The van der Waals surface area contributed by atoms with Gasteiger partial charge < -0.3 is 30.7 Å². The fourth-order valence-electron chi connectivity index (χ4n) is 2.52. The second-order valence-electron chi connectivity index (χ2n) is 6.13. The number of hydrogen-bond donors (Lipinski definition) is 4. The molecule has 8 nitrogen and oxygen atoms in total. The van der Waals surface area contributed by atoms with E-state index in [1.165, 1.54) is 25.3 Å². The van der Waals surface area contributed by atoms with Gasteiger partial charge in [-0.05, 0) is 29.7 Å². The highest BCUT2D eigenvalue weighted by Gasteiger charge is 2.21. The van der Waals surface area contributed by atoms with Gasteiger partial charge in [-0.25, -0.2) is 9.59 Å². The minimum Gasteiger partial charge on any atom is -0.465 e. The third-order valence-electron chi connectivity index (χ3n) is 4.11. The topological polar surface area (TPSA) is 131 Å². The van der Waals surface area contributed by atoms with Crippen molar-refractivity contribution in [1.29, 1.82) is 0 Å². The standard InChI is InChI=1S/C20H24N2O6/c1-27-19(25)15-11-14(7-8-16(15)21)18(24)17(23)9-10-22-20(26)28-12-13-5-3-2-4-6-13/h2-8,11,17-18,23-24H,9-10,12,21H2,1H3,(H,22,26). The summed E-state index contributed by atoms with van der Waals surface area (Å²) >= 11 is 0. The number of alkyl carbamates (subject to hydrolysis) is 1. The molecule has 150 valence electrons. The maximum absolute atomic E-state index is 11.7. The number of rotatable bonds is 8. The Hall–Kier alpha value is -3.10. The highest BCUT2D eigenvalue weighted by atomic mass is 16.5. The molecule has 0 heterocycles. The average Bonchev–Trinajstić information content (AvgIpc) is 2.72. The number of carbonyl (C=O) groups excluding carboxylic acids is 2. The lowest BCUT2D eigenvalue weighted by atomic mass is 9.99. The number of esters is 1. The Labute approximate surface area is 162 Å². The molecule has 2 aromatic rings. The van der Waals surface area contributed by atoms with Gasteiger partial charge in [0.25, 0.3) is 0 Å². The summed E-state index contributed by atoms with van der Waals surface area (Å²) < 4.78 is 9.70. The van der Waals surface area contributed by atoms with Crippen molar-refractivity contribution in [1.82, 2.24) is 5.32 Å². The van der Waals surface area contributed by atoms with Crippen LogP contribution in [0.25, 0.3) is 0 Å². The first-order valence-corrected chi connectivity index (χ1v) is 8.70. The first kappa shape index (κ1) is 21.2. The molecule has 0 aliphatic rings. The first-order chi connectivity index (χ1) is 13.4. The molecule has 0 spiro atoms. The van der Waals surface area contributed by atoms with E-state index in [0.717, 1.165) is 5.56 Å². The SMILES string of the molecule is COC(=O)c1cc(C(O)C(O)CCNC(=O)OCc2ccccc2)ccc1N. The normalized spacial score (nSPS) is 12.7. The Kier molecular flexibility index (Phi) is 7.79. The Morgan fingerprint density at radius 2 is 1.86 bits per heavy atom. The van der Waals surface area contributed by atoms with Crippen molar-refractivity contribution in [3.8, 4) is 0 Å². The molecule has 5 N–H and O–H groups in total. The smallest absolute Gasteiger partial charge is 0.407 e. The summed E-state index contributed by atoms with van der Waals surface area (Å²) in [6.45, 7) is 0.240. The molecule has 28 heavy (non-hydrogen) atoms. The van der Waals surface area contributed by atoms with Crippen LogP contribution in [0.4, 0.5) is 10.5 Å². The molecule has 1 amide bonds. The van der Waals surface area contributed by atoms with Gasteiger partial charge in [0.2, 0.25) is 0 Å². The minimum atomic E-state index is -1.26. The zero-order valence-corrected chi connectivity index (χ0v) is 15.5. The van der Waals surface area contributed by atoms with Crippen LogP contribution < -0.4 is 11.1 Å². The summed E-state index contributed by atoms with van der Waals surface area (Å²) in [5.74, 6) is -0.635. The molecule has 0 radical (unpaired) electrons. The monoisotopic (exact) mass is 388 g/mol. The maximum atomic E-state index is 11.7. The molecule has 0 saturated heterocycles. The maximum Gasteiger partial charge on any atom is 0.407 e.